The molecule has 0 saturated carbocycles. The standard InChI is InChI=1S/C21H30FN5O2/c1-13-11-21(19(28)29,8-9-23-13)12-16-15(22)6-7-17(24-16)25-18-10-14(2)27(26-18)20(3,4)5/h6-7,10,13,23H,8-9,11-12H2,1-5H3,(H,28,29)(H,24,25,26)/t13-,21-/m1/s1. The van der Waals surface area contributed by atoms with E-state index in [-0.39, 0.29) is 23.7 Å². The molecule has 2 atom stereocenters. The van der Waals surface area contributed by atoms with Crippen LogP contribution >= 0.6 is 0 Å². The number of halogens is 1. The van der Waals surface area contributed by atoms with Gasteiger partial charge in [-0.1, -0.05) is 0 Å². The molecule has 1 aliphatic rings. The molecule has 0 radical (unpaired) electrons. The summed E-state index contributed by atoms with van der Waals surface area (Å²) in [6, 6.07) is 4.85. The predicted molar refractivity (Wildman–Crippen MR) is 110 cm³/mol. The summed E-state index contributed by atoms with van der Waals surface area (Å²) in [6.07, 6.45) is 0.947. The second-order valence-corrected chi connectivity index (χ2v) is 9.08. The van der Waals surface area contributed by atoms with Crippen molar-refractivity contribution < 1.29 is 14.3 Å². The topological polar surface area (TPSA) is 92.1 Å². The zero-order chi connectivity index (χ0) is 21.4. The number of piperidine rings is 1. The van der Waals surface area contributed by atoms with Gasteiger partial charge in [0.15, 0.2) is 5.82 Å². The molecule has 3 N–H and O–H groups in total. The second-order valence-electron chi connectivity index (χ2n) is 9.08. The Kier molecular flexibility index (Phi) is 5.67. The van der Waals surface area contributed by atoms with Crippen LogP contribution in [0.2, 0.25) is 0 Å². The molecular formula is C21H30FN5O2. The van der Waals surface area contributed by atoms with Gasteiger partial charge in [0, 0.05) is 24.2 Å². The Morgan fingerprint density at radius 1 is 1.41 bits per heavy atom. The van der Waals surface area contributed by atoms with E-state index < -0.39 is 17.2 Å². The van der Waals surface area contributed by atoms with Crippen molar-refractivity contribution in [3.8, 4) is 0 Å². The highest BCUT2D eigenvalue weighted by Gasteiger charge is 2.43. The van der Waals surface area contributed by atoms with Gasteiger partial charge >= 0.3 is 5.97 Å². The van der Waals surface area contributed by atoms with Crippen molar-refractivity contribution in [3.05, 3.63) is 35.4 Å². The first-order chi connectivity index (χ1) is 13.5. The molecule has 0 spiro atoms. The van der Waals surface area contributed by atoms with Crippen molar-refractivity contribution in [2.45, 2.75) is 65.5 Å². The Morgan fingerprint density at radius 3 is 2.72 bits per heavy atom. The van der Waals surface area contributed by atoms with E-state index in [0.717, 1.165) is 5.69 Å². The molecule has 1 fully saturated rings. The van der Waals surface area contributed by atoms with Crippen LogP contribution in [0.1, 0.15) is 51.9 Å². The highest BCUT2D eigenvalue weighted by Crippen LogP contribution is 2.36. The van der Waals surface area contributed by atoms with E-state index in [0.29, 0.717) is 31.0 Å². The summed E-state index contributed by atoms with van der Waals surface area (Å²) in [6.45, 7) is 10.7. The molecule has 1 saturated heterocycles. The first kappa shape index (κ1) is 21.2. The molecule has 8 heteroatoms. The molecular weight excluding hydrogens is 373 g/mol. The van der Waals surface area contributed by atoms with E-state index in [1.165, 1.54) is 6.07 Å². The van der Waals surface area contributed by atoms with Gasteiger partial charge in [-0.3, -0.25) is 9.48 Å². The van der Waals surface area contributed by atoms with Crippen LogP contribution in [0.5, 0.6) is 0 Å². The second kappa shape index (κ2) is 7.74. The Balaban J connectivity index is 1.86. The van der Waals surface area contributed by atoms with Crippen molar-refractivity contribution in [2.75, 3.05) is 11.9 Å². The number of nitrogens with zero attached hydrogens (tertiary/aromatic N) is 3. The van der Waals surface area contributed by atoms with Crippen molar-refractivity contribution in [1.82, 2.24) is 20.1 Å². The molecule has 29 heavy (non-hydrogen) atoms. The van der Waals surface area contributed by atoms with E-state index in [2.05, 4.69) is 41.5 Å². The third kappa shape index (κ3) is 4.58. The molecule has 1 aliphatic heterocycles. The van der Waals surface area contributed by atoms with E-state index in [9.17, 15) is 14.3 Å². The molecule has 158 valence electrons. The Morgan fingerprint density at radius 2 is 2.14 bits per heavy atom. The average molecular weight is 404 g/mol. The molecule has 3 rings (SSSR count). The number of hydrogen-bond acceptors (Lipinski definition) is 5. The number of carbonyl (C=O) groups is 1. The smallest absolute Gasteiger partial charge is 0.310 e. The number of nitrogens with one attached hydrogen (secondary N) is 2. The van der Waals surface area contributed by atoms with Crippen LogP contribution in [0, 0.1) is 18.2 Å². The predicted octanol–water partition coefficient (Wildman–Crippen LogP) is 3.61. The van der Waals surface area contributed by atoms with Crippen LogP contribution in [0.15, 0.2) is 18.2 Å². The number of aryl methyl sites for hydroxylation is 1. The quantitative estimate of drug-likeness (QED) is 0.706. The van der Waals surface area contributed by atoms with Crippen LogP contribution < -0.4 is 10.6 Å². The number of carboxylic acids is 1. The summed E-state index contributed by atoms with van der Waals surface area (Å²) in [5.41, 5.74) is -0.0127. The number of pyridine rings is 1. The normalized spacial score (nSPS) is 22.5. The summed E-state index contributed by atoms with van der Waals surface area (Å²) in [4.78, 5) is 16.4. The summed E-state index contributed by atoms with van der Waals surface area (Å²) in [7, 11) is 0. The maximum Gasteiger partial charge on any atom is 0.310 e. The molecule has 0 unspecified atom stereocenters. The van der Waals surface area contributed by atoms with Crippen LogP contribution in [-0.2, 0) is 16.8 Å². The van der Waals surface area contributed by atoms with Gasteiger partial charge in [-0.15, -0.1) is 0 Å². The summed E-state index contributed by atoms with van der Waals surface area (Å²) in [5.74, 6) is -0.322. The van der Waals surface area contributed by atoms with Crippen LogP contribution in [-0.4, -0.2) is 38.4 Å². The minimum atomic E-state index is -1.01. The fourth-order valence-electron chi connectivity index (χ4n) is 4.09. The fraction of sp³-hybridized carbons (Fsp3) is 0.571. The summed E-state index contributed by atoms with van der Waals surface area (Å²) >= 11 is 0. The van der Waals surface area contributed by atoms with Gasteiger partial charge in [0.25, 0.3) is 0 Å². The van der Waals surface area contributed by atoms with Gasteiger partial charge in [0.2, 0.25) is 0 Å². The largest absolute Gasteiger partial charge is 0.481 e. The zero-order valence-electron chi connectivity index (χ0n) is 17.7. The molecule has 0 amide bonds. The lowest BCUT2D eigenvalue weighted by atomic mass is 9.73. The van der Waals surface area contributed by atoms with Gasteiger partial charge in [-0.2, -0.15) is 5.10 Å². The molecule has 2 aromatic heterocycles. The van der Waals surface area contributed by atoms with Crippen molar-refractivity contribution in [3.63, 3.8) is 0 Å². The molecule has 0 aliphatic carbocycles. The average Bonchev–Trinajstić information content (AvgIpc) is 2.98. The first-order valence-electron chi connectivity index (χ1n) is 9.96. The van der Waals surface area contributed by atoms with Crippen molar-refractivity contribution >= 4 is 17.6 Å². The van der Waals surface area contributed by atoms with E-state index in [1.807, 2.05) is 24.6 Å². The lowest BCUT2D eigenvalue weighted by Gasteiger charge is -2.37. The van der Waals surface area contributed by atoms with Crippen molar-refractivity contribution in [1.29, 1.82) is 0 Å². The number of hydrogen-bond donors (Lipinski definition) is 3. The van der Waals surface area contributed by atoms with Crippen LogP contribution in [0.4, 0.5) is 16.0 Å². The molecule has 0 aromatic carbocycles. The van der Waals surface area contributed by atoms with Gasteiger partial charge in [-0.05, 0) is 66.1 Å². The van der Waals surface area contributed by atoms with Crippen LogP contribution in [0.3, 0.4) is 0 Å². The van der Waals surface area contributed by atoms with Gasteiger partial charge in [-0.25, -0.2) is 9.37 Å². The number of aromatic nitrogens is 3. The van der Waals surface area contributed by atoms with E-state index >= 15 is 0 Å². The molecule has 7 nitrogen and oxygen atoms in total. The molecule has 0 bridgehead atoms. The van der Waals surface area contributed by atoms with Crippen LogP contribution in [0.25, 0.3) is 0 Å². The third-order valence-corrected chi connectivity index (χ3v) is 5.45. The summed E-state index contributed by atoms with van der Waals surface area (Å²) in [5, 5.41) is 20.8. The maximum absolute atomic E-state index is 14.5. The Labute approximate surface area is 170 Å². The Hall–Kier alpha value is -2.48. The number of anilines is 2. The summed E-state index contributed by atoms with van der Waals surface area (Å²) < 4.78 is 16.4. The lowest BCUT2D eigenvalue weighted by molar-refractivity contribution is -0.151. The number of aliphatic carboxylic acids is 1. The number of carboxylic acid groups (broad SMARTS) is 1. The number of rotatable bonds is 5. The minimum absolute atomic E-state index is 0.0607. The van der Waals surface area contributed by atoms with Gasteiger partial charge in [0.05, 0.1) is 16.6 Å². The van der Waals surface area contributed by atoms with E-state index in [1.54, 1.807) is 6.07 Å². The van der Waals surface area contributed by atoms with Gasteiger partial charge in [0.1, 0.15) is 11.6 Å². The fourth-order valence-corrected chi connectivity index (χ4v) is 4.09. The third-order valence-electron chi connectivity index (χ3n) is 5.45. The highest BCUT2D eigenvalue weighted by molar-refractivity contribution is 5.75. The zero-order valence-corrected chi connectivity index (χ0v) is 17.7. The Bertz CT molecular complexity index is 905. The van der Waals surface area contributed by atoms with Crippen molar-refractivity contribution in [2.24, 2.45) is 5.41 Å². The maximum atomic E-state index is 14.5. The SMILES string of the molecule is Cc1cc(Nc2ccc(F)c(C[C@@]3(C(=O)O)CCN[C@H](C)C3)n2)nn1C(C)(C)C. The van der Waals surface area contributed by atoms with Gasteiger partial charge < -0.3 is 15.7 Å². The lowest BCUT2D eigenvalue weighted by Crippen LogP contribution is -2.48. The first-order valence-corrected chi connectivity index (χ1v) is 9.96. The highest BCUT2D eigenvalue weighted by atomic mass is 19.1. The molecule has 3 heterocycles. The monoisotopic (exact) mass is 403 g/mol. The van der Waals surface area contributed by atoms with E-state index in [4.69, 9.17) is 0 Å². The molecule has 2 aromatic rings. The minimum Gasteiger partial charge on any atom is -0.481 e.